The van der Waals surface area contributed by atoms with Crippen molar-refractivity contribution >= 4 is 29.8 Å². The van der Waals surface area contributed by atoms with Crippen molar-refractivity contribution in [3.63, 3.8) is 0 Å². The Kier molecular flexibility index (Phi) is 5.79. The van der Waals surface area contributed by atoms with E-state index in [-0.39, 0.29) is 11.4 Å². The fourth-order valence-electron chi connectivity index (χ4n) is 1.51. The minimum Gasteiger partial charge on any atom is -0.212 e. The topological polar surface area (TPSA) is 80.3 Å². The van der Waals surface area contributed by atoms with E-state index in [1.165, 1.54) is 12.1 Å². The highest BCUT2D eigenvalue weighted by Gasteiger charge is 2.14. The van der Waals surface area contributed by atoms with E-state index in [9.17, 15) is 16.8 Å². The van der Waals surface area contributed by atoms with Gasteiger partial charge in [-0.15, -0.1) is 0 Å². The molecule has 0 saturated heterocycles. The van der Waals surface area contributed by atoms with Gasteiger partial charge >= 0.3 is 0 Å². The molecule has 1 N–H and O–H groups in total. The third-order valence-corrected chi connectivity index (χ3v) is 5.04. The zero-order valence-corrected chi connectivity index (χ0v) is 12.9. The molecule has 0 aromatic heterocycles. The molecule has 0 radical (unpaired) electrons. The standard InChI is InChI=1S/C11H16ClNO4S2/c1-2-3-10-4-6-11(7-5-10)19(16,17)13-8-9-18(12,14)15/h4-7,13H,2-3,8-9H2,1H3. The molecule has 0 spiro atoms. The average molecular weight is 326 g/mol. The van der Waals surface area contributed by atoms with Crippen molar-refractivity contribution in [2.24, 2.45) is 0 Å². The predicted octanol–water partition coefficient (Wildman–Crippen LogP) is 1.49. The maximum atomic E-state index is 11.8. The lowest BCUT2D eigenvalue weighted by Gasteiger charge is -2.06. The van der Waals surface area contributed by atoms with E-state index in [4.69, 9.17) is 10.7 Å². The van der Waals surface area contributed by atoms with Crippen LogP contribution >= 0.6 is 10.7 Å². The van der Waals surface area contributed by atoms with Gasteiger partial charge in [-0.2, -0.15) is 0 Å². The van der Waals surface area contributed by atoms with Gasteiger partial charge in [-0.25, -0.2) is 21.6 Å². The second-order valence-corrected chi connectivity index (χ2v) is 8.70. The number of nitrogens with one attached hydrogen (secondary N) is 1. The fourth-order valence-corrected chi connectivity index (χ4v) is 3.24. The molecule has 0 atom stereocenters. The molecule has 0 heterocycles. The van der Waals surface area contributed by atoms with Crippen LogP contribution < -0.4 is 4.72 Å². The molecule has 19 heavy (non-hydrogen) atoms. The number of benzene rings is 1. The van der Waals surface area contributed by atoms with Gasteiger partial charge in [-0.1, -0.05) is 25.5 Å². The molecule has 1 aromatic rings. The first-order valence-corrected chi connectivity index (χ1v) is 9.72. The van der Waals surface area contributed by atoms with E-state index in [1.807, 2.05) is 6.92 Å². The summed E-state index contributed by atoms with van der Waals surface area (Å²) in [5.74, 6) is -0.443. The molecule has 5 nitrogen and oxygen atoms in total. The molecule has 0 bridgehead atoms. The highest BCUT2D eigenvalue weighted by molar-refractivity contribution is 8.13. The fraction of sp³-hybridized carbons (Fsp3) is 0.455. The van der Waals surface area contributed by atoms with Gasteiger partial charge in [0, 0.05) is 17.2 Å². The van der Waals surface area contributed by atoms with Crippen LogP contribution in [0.5, 0.6) is 0 Å². The monoisotopic (exact) mass is 325 g/mol. The van der Waals surface area contributed by atoms with Gasteiger partial charge in [-0.3, -0.25) is 0 Å². The predicted molar refractivity (Wildman–Crippen MR) is 75.3 cm³/mol. The second kappa shape index (κ2) is 6.69. The summed E-state index contributed by atoms with van der Waals surface area (Å²) in [4.78, 5) is 0.110. The number of halogens is 1. The van der Waals surface area contributed by atoms with Crippen LogP contribution in [0, 0.1) is 0 Å². The van der Waals surface area contributed by atoms with Crippen LogP contribution in [-0.4, -0.2) is 29.1 Å². The van der Waals surface area contributed by atoms with Gasteiger partial charge in [0.15, 0.2) is 0 Å². The van der Waals surface area contributed by atoms with Crippen molar-refractivity contribution in [2.45, 2.75) is 24.7 Å². The van der Waals surface area contributed by atoms with Crippen molar-refractivity contribution in [3.05, 3.63) is 29.8 Å². The van der Waals surface area contributed by atoms with E-state index < -0.39 is 24.8 Å². The molecule has 0 aliphatic carbocycles. The lowest BCUT2D eigenvalue weighted by Crippen LogP contribution is -2.28. The van der Waals surface area contributed by atoms with Gasteiger partial charge in [0.05, 0.1) is 10.6 Å². The summed E-state index contributed by atoms with van der Waals surface area (Å²) < 4.78 is 47.3. The minimum atomic E-state index is -3.70. The number of hydrogen-bond acceptors (Lipinski definition) is 4. The quantitative estimate of drug-likeness (QED) is 0.770. The Bertz CT molecular complexity index is 609. The molecule has 0 fully saturated rings. The zero-order valence-electron chi connectivity index (χ0n) is 10.5. The van der Waals surface area contributed by atoms with Crippen molar-refractivity contribution in [1.29, 1.82) is 0 Å². The van der Waals surface area contributed by atoms with E-state index in [0.29, 0.717) is 0 Å². The highest BCUT2D eigenvalue weighted by Crippen LogP contribution is 2.11. The Labute approximate surface area is 118 Å². The average Bonchev–Trinajstić information content (AvgIpc) is 2.28. The van der Waals surface area contributed by atoms with Crippen LogP contribution in [-0.2, 0) is 25.5 Å². The largest absolute Gasteiger partial charge is 0.240 e. The molecule has 0 saturated carbocycles. The number of aryl methyl sites for hydroxylation is 1. The van der Waals surface area contributed by atoms with Gasteiger partial charge in [0.25, 0.3) is 0 Å². The third-order valence-electron chi connectivity index (χ3n) is 2.41. The van der Waals surface area contributed by atoms with Gasteiger partial charge in [0.1, 0.15) is 0 Å². The van der Waals surface area contributed by atoms with Crippen molar-refractivity contribution in [3.8, 4) is 0 Å². The number of rotatable bonds is 7. The molecule has 0 aliphatic rings. The van der Waals surface area contributed by atoms with Gasteiger partial charge in [0.2, 0.25) is 19.1 Å². The van der Waals surface area contributed by atoms with Crippen LogP contribution in [0.3, 0.4) is 0 Å². The summed E-state index contributed by atoms with van der Waals surface area (Å²) >= 11 is 0. The Morgan fingerprint density at radius 3 is 2.16 bits per heavy atom. The summed E-state index contributed by atoms with van der Waals surface area (Å²) in [6, 6.07) is 6.50. The Morgan fingerprint density at radius 2 is 1.68 bits per heavy atom. The maximum absolute atomic E-state index is 11.8. The van der Waals surface area contributed by atoms with Gasteiger partial charge < -0.3 is 0 Å². The Hall–Kier alpha value is -0.630. The Balaban J connectivity index is 2.72. The highest BCUT2D eigenvalue weighted by atomic mass is 35.7. The van der Waals surface area contributed by atoms with E-state index >= 15 is 0 Å². The first kappa shape index (κ1) is 16.4. The van der Waals surface area contributed by atoms with Crippen LogP contribution in [0.25, 0.3) is 0 Å². The lowest BCUT2D eigenvalue weighted by molar-refractivity contribution is 0.582. The van der Waals surface area contributed by atoms with Crippen molar-refractivity contribution < 1.29 is 16.8 Å². The smallest absolute Gasteiger partial charge is 0.212 e. The number of sulfonamides is 1. The van der Waals surface area contributed by atoms with Crippen LogP contribution in [0.1, 0.15) is 18.9 Å². The third kappa shape index (κ3) is 5.90. The van der Waals surface area contributed by atoms with Crippen molar-refractivity contribution in [2.75, 3.05) is 12.3 Å². The van der Waals surface area contributed by atoms with Crippen molar-refractivity contribution in [1.82, 2.24) is 4.72 Å². The zero-order chi connectivity index (χ0) is 14.5. The minimum absolute atomic E-state index is 0.110. The maximum Gasteiger partial charge on any atom is 0.240 e. The molecule has 0 unspecified atom stereocenters. The van der Waals surface area contributed by atoms with E-state index in [2.05, 4.69) is 4.72 Å². The van der Waals surface area contributed by atoms with E-state index in [0.717, 1.165) is 18.4 Å². The molecule has 108 valence electrons. The van der Waals surface area contributed by atoms with Crippen LogP contribution in [0.4, 0.5) is 0 Å². The summed E-state index contributed by atoms with van der Waals surface area (Å²) in [6.45, 7) is 1.80. The molecule has 0 amide bonds. The molecule has 1 rings (SSSR count). The summed E-state index contributed by atoms with van der Waals surface area (Å²) in [7, 11) is -2.38. The normalized spacial score (nSPS) is 12.5. The summed E-state index contributed by atoms with van der Waals surface area (Å²) in [5, 5.41) is 0. The molecule has 8 heteroatoms. The lowest BCUT2D eigenvalue weighted by atomic mass is 10.1. The summed E-state index contributed by atoms with van der Waals surface area (Å²) in [6.07, 6.45) is 1.87. The van der Waals surface area contributed by atoms with Crippen LogP contribution in [0.15, 0.2) is 29.2 Å². The molecular weight excluding hydrogens is 310 g/mol. The molecule has 1 aromatic carbocycles. The second-order valence-electron chi connectivity index (χ2n) is 4.03. The SMILES string of the molecule is CCCc1ccc(S(=O)(=O)NCCS(=O)(=O)Cl)cc1. The van der Waals surface area contributed by atoms with E-state index in [1.54, 1.807) is 12.1 Å². The summed E-state index contributed by atoms with van der Waals surface area (Å²) in [5.41, 5.74) is 1.06. The number of hydrogen-bond donors (Lipinski definition) is 1. The first-order valence-electron chi connectivity index (χ1n) is 5.75. The molecule has 0 aliphatic heterocycles. The van der Waals surface area contributed by atoms with Crippen LogP contribution in [0.2, 0.25) is 0 Å². The van der Waals surface area contributed by atoms with Gasteiger partial charge in [-0.05, 0) is 24.1 Å². The first-order chi connectivity index (χ1) is 8.74. The molecular formula is C11H16ClNO4S2. The Morgan fingerprint density at radius 1 is 1.11 bits per heavy atom.